The third-order valence-corrected chi connectivity index (χ3v) is 5.91. The van der Waals surface area contributed by atoms with E-state index in [1.807, 2.05) is 73.7 Å². The standard InChI is InChI=1S/C26H20BrN5O2/c1-17-6-2-5-9-23(17)34-16-24-30-22-8-4-3-7-21(22)26(33)32(24)29-15-19-14-28-31-25(19)18-10-12-20(27)13-11-18/h2-15H,16H2,1H3,(H,28,31)/b29-15-. The van der Waals surface area contributed by atoms with Crippen molar-refractivity contribution in [3.05, 3.63) is 111 Å². The van der Waals surface area contributed by atoms with Crippen molar-refractivity contribution in [2.75, 3.05) is 0 Å². The molecule has 0 fully saturated rings. The fraction of sp³-hybridized carbons (Fsp3) is 0.0769. The molecule has 5 aromatic rings. The summed E-state index contributed by atoms with van der Waals surface area (Å²) in [4.78, 5) is 18.0. The van der Waals surface area contributed by atoms with E-state index in [1.54, 1.807) is 18.5 Å². The zero-order chi connectivity index (χ0) is 23.5. The summed E-state index contributed by atoms with van der Waals surface area (Å²) in [6, 6.07) is 22.8. The first-order valence-corrected chi connectivity index (χ1v) is 11.4. The van der Waals surface area contributed by atoms with Crippen LogP contribution in [0.5, 0.6) is 5.75 Å². The van der Waals surface area contributed by atoms with Crippen LogP contribution in [0.25, 0.3) is 22.2 Å². The molecule has 8 heteroatoms. The molecular weight excluding hydrogens is 494 g/mol. The number of halogens is 1. The summed E-state index contributed by atoms with van der Waals surface area (Å²) >= 11 is 3.45. The molecule has 2 heterocycles. The third-order valence-electron chi connectivity index (χ3n) is 5.39. The molecular formula is C26H20BrN5O2. The van der Waals surface area contributed by atoms with Gasteiger partial charge in [0.25, 0.3) is 5.56 Å². The van der Waals surface area contributed by atoms with E-state index in [1.165, 1.54) is 4.68 Å². The molecule has 0 saturated heterocycles. The Morgan fingerprint density at radius 1 is 1.06 bits per heavy atom. The molecule has 0 bridgehead atoms. The predicted octanol–water partition coefficient (Wildman–Crippen LogP) is 5.32. The molecule has 34 heavy (non-hydrogen) atoms. The van der Waals surface area contributed by atoms with Crippen LogP contribution in [0, 0.1) is 6.92 Å². The van der Waals surface area contributed by atoms with Gasteiger partial charge in [0.1, 0.15) is 12.4 Å². The summed E-state index contributed by atoms with van der Waals surface area (Å²) in [5.74, 6) is 1.13. The van der Waals surface area contributed by atoms with Gasteiger partial charge in [-0.15, -0.1) is 0 Å². The lowest BCUT2D eigenvalue weighted by Crippen LogP contribution is -2.23. The Hall–Kier alpha value is -4.04. The molecule has 0 saturated carbocycles. The summed E-state index contributed by atoms with van der Waals surface area (Å²) in [7, 11) is 0. The van der Waals surface area contributed by atoms with Crippen molar-refractivity contribution in [1.82, 2.24) is 19.9 Å². The van der Waals surface area contributed by atoms with Gasteiger partial charge in [-0.3, -0.25) is 9.89 Å². The van der Waals surface area contributed by atoms with Crippen molar-refractivity contribution in [2.45, 2.75) is 13.5 Å². The highest BCUT2D eigenvalue weighted by Crippen LogP contribution is 2.22. The number of nitrogens with zero attached hydrogens (tertiary/aromatic N) is 4. The largest absolute Gasteiger partial charge is 0.485 e. The Kier molecular flexibility index (Phi) is 6.05. The number of aromatic amines is 1. The number of H-pyrrole nitrogens is 1. The molecule has 0 aliphatic carbocycles. The van der Waals surface area contributed by atoms with Crippen LogP contribution in [-0.2, 0) is 6.61 Å². The molecule has 0 spiro atoms. The number of ether oxygens (including phenoxy) is 1. The molecule has 5 rings (SSSR count). The number of nitrogens with one attached hydrogen (secondary N) is 1. The maximum absolute atomic E-state index is 13.3. The van der Waals surface area contributed by atoms with Gasteiger partial charge >= 0.3 is 0 Å². The molecule has 0 unspecified atom stereocenters. The minimum Gasteiger partial charge on any atom is -0.485 e. The molecule has 0 atom stereocenters. The molecule has 2 aromatic heterocycles. The first-order chi connectivity index (χ1) is 16.6. The van der Waals surface area contributed by atoms with Gasteiger partial charge in [-0.2, -0.15) is 14.9 Å². The van der Waals surface area contributed by atoms with Crippen LogP contribution in [0.1, 0.15) is 17.0 Å². The van der Waals surface area contributed by atoms with Gasteiger partial charge in [-0.05, 0) is 42.8 Å². The third kappa shape index (κ3) is 4.40. The maximum atomic E-state index is 13.3. The monoisotopic (exact) mass is 513 g/mol. The average Bonchev–Trinajstić information content (AvgIpc) is 3.32. The number of rotatable bonds is 6. The lowest BCUT2D eigenvalue weighted by atomic mass is 10.1. The SMILES string of the molecule is Cc1ccccc1OCc1nc2ccccc2c(=O)n1/N=C\c1cn[nH]c1-c1ccc(Br)cc1. The molecule has 0 amide bonds. The van der Waals surface area contributed by atoms with Gasteiger partial charge in [0, 0.05) is 15.6 Å². The number of hydrogen-bond acceptors (Lipinski definition) is 5. The van der Waals surface area contributed by atoms with Gasteiger partial charge in [0.2, 0.25) is 0 Å². The molecule has 0 radical (unpaired) electrons. The second kappa shape index (κ2) is 9.44. The van der Waals surface area contributed by atoms with E-state index in [0.717, 1.165) is 32.6 Å². The number of fused-ring (bicyclic) bond motifs is 1. The Balaban J connectivity index is 1.54. The number of aryl methyl sites for hydroxylation is 1. The molecule has 168 valence electrons. The Morgan fingerprint density at radius 2 is 1.82 bits per heavy atom. The van der Waals surface area contributed by atoms with E-state index in [0.29, 0.717) is 16.7 Å². The van der Waals surface area contributed by atoms with Crippen molar-refractivity contribution >= 4 is 33.0 Å². The number of benzene rings is 3. The van der Waals surface area contributed by atoms with Gasteiger partial charge in [-0.25, -0.2) is 4.98 Å². The lowest BCUT2D eigenvalue weighted by Gasteiger charge is -2.12. The number of para-hydroxylation sites is 2. The Morgan fingerprint density at radius 3 is 2.65 bits per heavy atom. The van der Waals surface area contributed by atoms with Crippen LogP contribution in [0.4, 0.5) is 0 Å². The molecule has 7 nitrogen and oxygen atoms in total. The average molecular weight is 514 g/mol. The van der Waals surface area contributed by atoms with Gasteiger partial charge < -0.3 is 4.74 Å². The Labute approximate surface area is 203 Å². The van der Waals surface area contributed by atoms with Crippen LogP contribution < -0.4 is 10.3 Å². The highest BCUT2D eigenvalue weighted by molar-refractivity contribution is 9.10. The Bertz CT molecular complexity index is 1550. The normalized spacial score (nSPS) is 11.4. The zero-order valence-corrected chi connectivity index (χ0v) is 19.9. The van der Waals surface area contributed by atoms with Crippen molar-refractivity contribution < 1.29 is 4.74 Å². The second-order valence-corrected chi connectivity index (χ2v) is 8.58. The summed E-state index contributed by atoms with van der Waals surface area (Å²) < 4.78 is 8.26. The second-order valence-electron chi connectivity index (χ2n) is 7.67. The molecule has 0 aliphatic heterocycles. The van der Waals surface area contributed by atoms with Gasteiger partial charge in [0.05, 0.1) is 29.0 Å². The van der Waals surface area contributed by atoms with E-state index in [-0.39, 0.29) is 12.2 Å². The molecule has 1 N–H and O–H groups in total. The predicted molar refractivity (Wildman–Crippen MR) is 136 cm³/mol. The first kappa shape index (κ1) is 21.8. The highest BCUT2D eigenvalue weighted by atomic mass is 79.9. The number of hydrogen-bond donors (Lipinski definition) is 1. The van der Waals surface area contributed by atoms with E-state index in [2.05, 4.69) is 36.2 Å². The summed E-state index contributed by atoms with van der Waals surface area (Å²) in [6.07, 6.45) is 3.28. The van der Waals surface area contributed by atoms with E-state index < -0.39 is 0 Å². The fourth-order valence-electron chi connectivity index (χ4n) is 3.60. The van der Waals surface area contributed by atoms with Gasteiger partial charge in [0.15, 0.2) is 5.82 Å². The van der Waals surface area contributed by atoms with E-state index in [9.17, 15) is 4.79 Å². The maximum Gasteiger partial charge on any atom is 0.282 e. The molecule has 3 aromatic carbocycles. The van der Waals surface area contributed by atoms with Crippen LogP contribution in [0.15, 0.2) is 93.4 Å². The topological polar surface area (TPSA) is 85.2 Å². The van der Waals surface area contributed by atoms with Crippen molar-refractivity contribution in [1.29, 1.82) is 0 Å². The molecule has 0 aliphatic rings. The zero-order valence-electron chi connectivity index (χ0n) is 18.3. The van der Waals surface area contributed by atoms with Crippen molar-refractivity contribution in [3.8, 4) is 17.0 Å². The van der Waals surface area contributed by atoms with E-state index in [4.69, 9.17) is 4.74 Å². The van der Waals surface area contributed by atoms with E-state index >= 15 is 0 Å². The van der Waals surface area contributed by atoms with Crippen LogP contribution in [0.3, 0.4) is 0 Å². The van der Waals surface area contributed by atoms with Gasteiger partial charge in [-0.1, -0.05) is 58.4 Å². The summed E-state index contributed by atoms with van der Waals surface area (Å²) in [5.41, 5.74) is 3.83. The van der Waals surface area contributed by atoms with Crippen molar-refractivity contribution in [3.63, 3.8) is 0 Å². The quantitative estimate of drug-likeness (QED) is 0.311. The smallest absolute Gasteiger partial charge is 0.282 e. The van der Waals surface area contributed by atoms with Crippen LogP contribution >= 0.6 is 15.9 Å². The van der Waals surface area contributed by atoms with Crippen molar-refractivity contribution in [2.24, 2.45) is 5.10 Å². The fourth-order valence-corrected chi connectivity index (χ4v) is 3.87. The van der Waals surface area contributed by atoms with Crippen LogP contribution in [0.2, 0.25) is 0 Å². The minimum absolute atomic E-state index is 0.0905. The number of aromatic nitrogens is 4. The first-order valence-electron chi connectivity index (χ1n) is 10.6. The summed E-state index contributed by atoms with van der Waals surface area (Å²) in [6.45, 7) is 2.06. The highest BCUT2D eigenvalue weighted by Gasteiger charge is 2.13. The lowest BCUT2D eigenvalue weighted by molar-refractivity contribution is 0.287. The summed E-state index contributed by atoms with van der Waals surface area (Å²) in [5, 5.41) is 12.2. The minimum atomic E-state index is -0.265. The van der Waals surface area contributed by atoms with Crippen LogP contribution in [-0.4, -0.2) is 26.1 Å².